The van der Waals surface area contributed by atoms with E-state index in [4.69, 9.17) is 0 Å². The fourth-order valence-corrected chi connectivity index (χ4v) is 3.35. The molecule has 1 unspecified atom stereocenters. The van der Waals surface area contributed by atoms with Crippen molar-refractivity contribution in [2.75, 3.05) is 26.7 Å². The number of nitrogens with one attached hydrogen (secondary N) is 1. The fourth-order valence-electron chi connectivity index (χ4n) is 3.35. The number of likely N-dealkylation sites (N-methyl/N-ethyl adjacent to an activating group) is 1. The maximum absolute atomic E-state index is 12.2. The SMILES string of the molecule is CN1C(=O)N(C2CCCNC2)CC12CCC2.Cl. The van der Waals surface area contributed by atoms with E-state index in [0.29, 0.717) is 6.04 Å². The van der Waals surface area contributed by atoms with Crippen molar-refractivity contribution in [2.45, 2.75) is 43.7 Å². The minimum Gasteiger partial charge on any atom is -0.320 e. The average Bonchev–Trinajstić information content (AvgIpc) is 2.54. The Bertz CT molecular complexity index is 300. The Morgan fingerprint density at radius 2 is 2.12 bits per heavy atom. The molecule has 98 valence electrons. The molecule has 0 aromatic heterocycles. The number of piperidine rings is 1. The lowest BCUT2D eigenvalue weighted by Gasteiger charge is -2.42. The molecule has 1 N–H and O–H groups in total. The van der Waals surface area contributed by atoms with Gasteiger partial charge in [0.2, 0.25) is 0 Å². The Kier molecular flexibility index (Phi) is 3.55. The van der Waals surface area contributed by atoms with E-state index in [0.717, 1.165) is 19.6 Å². The summed E-state index contributed by atoms with van der Waals surface area (Å²) in [5.74, 6) is 0. The van der Waals surface area contributed by atoms with Gasteiger partial charge in [-0.2, -0.15) is 0 Å². The molecule has 0 aromatic carbocycles. The van der Waals surface area contributed by atoms with Crippen molar-refractivity contribution in [3.05, 3.63) is 0 Å². The maximum atomic E-state index is 12.2. The first kappa shape index (κ1) is 13.0. The molecule has 2 heterocycles. The lowest BCUT2D eigenvalue weighted by Crippen LogP contribution is -2.50. The average molecular weight is 260 g/mol. The van der Waals surface area contributed by atoms with E-state index in [2.05, 4.69) is 10.2 Å². The highest BCUT2D eigenvalue weighted by Crippen LogP contribution is 2.42. The predicted molar refractivity (Wildman–Crippen MR) is 69.6 cm³/mol. The number of amides is 2. The van der Waals surface area contributed by atoms with E-state index in [1.807, 2.05) is 11.9 Å². The molecule has 3 aliphatic rings. The molecule has 4 nitrogen and oxygen atoms in total. The maximum Gasteiger partial charge on any atom is 0.320 e. The largest absolute Gasteiger partial charge is 0.320 e. The summed E-state index contributed by atoms with van der Waals surface area (Å²) in [5.41, 5.74) is 0.203. The van der Waals surface area contributed by atoms with Gasteiger partial charge in [0, 0.05) is 26.2 Å². The molecule has 1 spiro atoms. The number of hydrogen-bond donors (Lipinski definition) is 1. The fraction of sp³-hybridized carbons (Fsp3) is 0.917. The molecule has 0 bridgehead atoms. The van der Waals surface area contributed by atoms with Gasteiger partial charge >= 0.3 is 6.03 Å². The van der Waals surface area contributed by atoms with Crippen LogP contribution in [-0.4, -0.2) is 54.1 Å². The van der Waals surface area contributed by atoms with Crippen LogP contribution in [0.15, 0.2) is 0 Å². The lowest BCUT2D eigenvalue weighted by atomic mass is 9.76. The monoisotopic (exact) mass is 259 g/mol. The van der Waals surface area contributed by atoms with Gasteiger partial charge in [-0.25, -0.2) is 4.79 Å². The first-order valence-corrected chi connectivity index (χ1v) is 6.48. The molecule has 5 heteroatoms. The van der Waals surface area contributed by atoms with E-state index in [1.165, 1.54) is 32.1 Å². The third kappa shape index (κ3) is 1.91. The highest BCUT2D eigenvalue weighted by Gasteiger charge is 2.52. The van der Waals surface area contributed by atoms with Crippen molar-refractivity contribution in [2.24, 2.45) is 0 Å². The molecule has 3 fully saturated rings. The van der Waals surface area contributed by atoms with Crippen LogP contribution >= 0.6 is 12.4 Å². The number of nitrogens with zero attached hydrogens (tertiary/aromatic N) is 2. The highest BCUT2D eigenvalue weighted by atomic mass is 35.5. The molecular weight excluding hydrogens is 238 g/mol. The minimum atomic E-state index is 0. The van der Waals surface area contributed by atoms with Gasteiger partial charge in [0.05, 0.1) is 5.54 Å². The first-order valence-electron chi connectivity index (χ1n) is 6.48. The van der Waals surface area contributed by atoms with Gasteiger partial charge in [0.15, 0.2) is 0 Å². The number of halogens is 1. The number of urea groups is 1. The van der Waals surface area contributed by atoms with Crippen molar-refractivity contribution in [1.29, 1.82) is 0 Å². The first-order chi connectivity index (χ1) is 7.73. The summed E-state index contributed by atoms with van der Waals surface area (Å²) in [7, 11) is 1.98. The topological polar surface area (TPSA) is 35.6 Å². The molecular formula is C12H22ClN3O. The van der Waals surface area contributed by atoms with Crippen LogP contribution in [0.1, 0.15) is 32.1 Å². The highest BCUT2D eigenvalue weighted by molar-refractivity contribution is 5.85. The molecule has 0 radical (unpaired) electrons. The van der Waals surface area contributed by atoms with Gasteiger partial charge in [0.25, 0.3) is 0 Å². The van der Waals surface area contributed by atoms with Gasteiger partial charge < -0.3 is 15.1 Å². The Morgan fingerprint density at radius 3 is 2.59 bits per heavy atom. The predicted octanol–water partition coefficient (Wildman–Crippen LogP) is 1.45. The zero-order valence-electron chi connectivity index (χ0n) is 10.4. The van der Waals surface area contributed by atoms with Gasteiger partial charge in [0.1, 0.15) is 0 Å². The Hall–Kier alpha value is -0.480. The molecule has 1 atom stereocenters. The van der Waals surface area contributed by atoms with Crippen molar-refractivity contribution in [3.63, 3.8) is 0 Å². The van der Waals surface area contributed by atoms with Crippen LogP contribution in [0.5, 0.6) is 0 Å². The van der Waals surface area contributed by atoms with Gasteiger partial charge in [-0.3, -0.25) is 0 Å². The lowest BCUT2D eigenvalue weighted by molar-refractivity contribution is 0.103. The Balaban J connectivity index is 0.00000108. The summed E-state index contributed by atoms with van der Waals surface area (Å²) in [6, 6.07) is 0.692. The van der Waals surface area contributed by atoms with Crippen LogP contribution in [0.4, 0.5) is 4.79 Å². The van der Waals surface area contributed by atoms with Crippen LogP contribution in [-0.2, 0) is 0 Å². The van der Waals surface area contributed by atoms with Crippen molar-refractivity contribution in [1.82, 2.24) is 15.1 Å². The molecule has 2 aliphatic heterocycles. The molecule has 2 amide bonds. The third-order valence-corrected chi connectivity index (χ3v) is 4.70. The summed E-state index contributed by atoms with van der Waals surface area (Å²) in [6.07, 6.45) is 6.06. The summed E-state index contributed by atoms with van der Waals surface area (Å²) in [6.45, 7) is 3.06. The second-order valence-corrected chi connectivity index (χ2v) is 5.55. The molecule has 0 aromatic rings. The van der Waals surface area contributed by atoms with E-state index >= 15 is 0 Å². The summed E-state index contributed by atoms with van der Waals surface area (Å²) in [4.78, 5) is 16.4. The second kappa shape index (κ2) is 4.65. The molecule has 3 rings (SSSR count). The number of hydrogen-bond acceptors (Lipinski definition) is 2. The molecule has 2 saturated heterocycles. The van der Waals surface area contributed by atoms with E-state index in [1.54, 1.807) is 0 Å². The quantitative estimate of drug-likeness (QED) is 0.774. The van der Waals surface area contributed by atoms with Crippen LogP contribution in [0.3, 0.4) is 0 Å². The summed E-state index contributed by atoms with van der Waals surface area (Å²) < 4.78 is 0. The minimum absolute atomic E-state index is 0. The Morgan fingerprint density at radius 1 is 1.35 bits per heavy atom. The molecule has 1 aliphatic carbocycles. The van der Waals surface area contributed by atoms with Crippen LogP contribution < -0.4 is 5.32 Å². The summed E-state index contributed by atoms with van der Waals surface area (Å²) >= 11 is 0. The van der Waals surface area contributed by atoms with Crippen LogP contribution in [0.25, 0.3) is 0 Å². The third-order valence-electron chi connectivity index (χ3n) is 4.70. The smallest absolute Gasteiger partial charge is 0.320 e. The molecule has 1 saturated carbocycles. The standard InChI is InChI=1S/C12H21N3O.ClH/c1-14-11(16)15(9-12(14)5-3-6-12)10-4-2-7-13-8-10;/h10,13H,2-9H2,1H3;1H. The summed E-state index contributed by atoms with van der Waals surface area (Å²) in [5, 5.41) is 3.40. The van der Waals surface area contributed by atoms with E-state index in [9.17, 15) is 4.79 Å². The number of carbonyl (C=O) groups is 1. The zero-order chi connectivity index (χ0) is 11.2. The number of rotatable bonds is 1. The van der Waals surface area contributed by atoms with Gasteiger partial charge in [-0.15, -0.1) is 12.4 Å². The van der Waals surface area contributed by atoms with Crippen molar-refractivity contribution >= 4 is 18.4 Å². The van der Waals surface area contributed by atoms with Crippen LogP contribution in [0, 0.1) is 0 Å². The normalized spacial score (nSPS) is 31.4. The van der Waals surface area contributed by atoms with Crippen LogP contribution in [0.2, 0.25) is 0 Å². The Labute approximate surface area is 109 Å². The zero-order valence-corrected chi connectivity index (χ0v) is 11.3. The van der Waals surface area contributed by atoms with Gasteiger partial charge in [-0.05, 0) is 38.6 Å². The van der Waals surface area contributed by atoms with E-state index < -0.39 is 0 Å². The molecule has 17 heavy (non-hydrogen) atoms. The van der Waals surface area contributed by atoms with Crippen molar-refractivity contribution in [3.8, 4) is 0 Å². The number of carbonyl (C=O) groups excluding carboxylic acids is 1. The van der Waals surface area contributed by atoms with Crippen molar-refractivity contribution < 1.29 is 4.79 Å². The van der Waals surface area contributed by atoms with E-state index in [-0.39, 0.29) is 24.0 Å². The van der Waals surface area contributed by atoms with Gasteiger partial charge in [-0.1, -0.05) is 0 Å². The second-order valence-electron chi connectivity index (χ2n) is 5.55.